The van der Waals surface area contributed by atoms with Crippen LogP contribution in [-0.2, 0) is 4.79 Å². The molecule has 1 aromatic carbocycles. The molecule has 13 heavy (non-hydrogen) atoms. The van der Waals surface area contributed by atoms with E-state index in [0.717, 1.165) is 4.47 Å². The Labute approximate surface area is 84.5 Å². The molecule has 0 radical (unpaired) electrons. The van der Waals surface area contributed by atoms with Crippen LogP contribution in [0.2, 0.25) is 0 Å². The van der Waals surface area contributed by atoms with Crippen LogP contribution in [0, 0.1) is 0 Å². The van der Waals surface area contributed by atoms with Crippen molar-refractivity contribution >= 4 is 21.9 Å². The Kier molecular flexibility index (Phi) is 3.76. The van der Waals surface area contributed by atoms with Crippen LogP contribution in [0.25, 0.3) is 0 Å². The molecule has 0 saturated carbocycles. The molecule has 0 saturated heterocycles. The number of carbonyl (C=O) groups excluding carboxylic acids is 1. The SMILES string of the molecule is O=C([O-])CCOc1ccc(Br)cc1. The van der Waals surface area contributed by atoms with E-state index in [1.165, 1.54) is 0 Å². The number of hydrogen-bond donors (Lipinski definition) is 0. The second kappa shape index (κ2) is 4.87. The maximum absolute atomic E-state index is 10.0. The van der Waals surface area contributed by atoms with E-state index in [9.17, 15) is 9.90 Å². The Morgan fingerprint density at radius 2 is 2.00 bits per heavy atom. The monoisotopic (exact) mass is 243 g/mol. The minimum absolute atomic E-state index is 0.0872. The number of carbonyl (C=O) groups is 1. The number of rotatable bonds is 4. The fourth-order valence-electron chi connectivity index (χ4n) is 0.783. The van der Waals surface area contributed by atoms with Gasteiger partial charge in [-0.2, -0.15) is 0 Å². The lowest BCUT2D eigenvalue weighted by Crippen LogP contribution is -2.24. The second-order valence-corrected chi connectivity index (χ2v) is 3.34. The summed E-state index contributed by atoms with van der Waals surface area (Å²) >= 11 is 3.28. The Morgan fingerprint density at radius 3 is 2.54 bits per heavy atom. The highest BCUT2D eigenvalue weighted by Crippen LogP contribution is 2.15. The molecule has 3 nitrogen and oxygen atoms in total. The van der Waals surface area contributed by atoms with Crippen molar-refractivity contribution < 1.29 is 14.6 Å². The van der Waals surface area contributed by atoms with Gasteiger partial charge in [0.25, 0.3) is 0 Å². The Hall–Kier alpha value is -1.03. The molecule has 4 heteroatoms. The fraction of sp³-hybridized carbons (Fsp3) is 0.222. The third kappa shape index (κ3) is 3.94. The predicted octanol–water partition coefficient (Wildman–Crippen LogP) is 0.968. The molecule has 0 bridgehead atoms. The summed E-state index contributed by atoms with van der Waals surface area (Å²) < 4.78 is 6.09. The summed E-state index contributed by atoms with van der Waals surface area (Å²) in [4.78, 5) is 10.0. The lowest BCUT2D eigenvalue weighted by atomic mass is 10.3. The number of aliphatic carboxylic acids is 1. The number of carboxylic acids is 1. The molecular weight excluding hydrogens is 236 g/mol. The van der Waals surface area contributed by atoms with Crippen molar-refractivity contribution in [2.24, 2.45) is 0 Å². The normalized spacial score (nSPS) is 9.62. The fourth-order valence-corrected chi connectivity index (χ4v) is 1.05. The van der Waals surface area contributed by atoms with Gasteiger partial charge in [0.05, 0.1) is 6.61 Å². The van der Waals surface area contributed by atoms with Crippen molar-refractivity contribution in [2.45, 2.75) is 6.42 Å². The van der Waals surface area contributed by atoms with Crippen molar-refractivity contribution in [3.8, 4) is 5.75 Å². The summed E-state index contributed by atoms with van der Waals surface area (Å²) in [5.74, 6) is -0.443. The summed E-state index contributed by atoms with van der Waals surface area (Å²) in [6.07, 6.45) is -0.0872. The highest BCUT2D eigenvalue weighted by molar-refractivity contribution is 9.10. The van der Waals surface area contributed by atoms with E-state index >= 15 is 0 Å². The summed E-state index contributed by atoms with van der Waals surface area (Å²) in [5.41, 5.74) is 0. The first kappa shape index (κ1) is 10.1. The summed E-state index contributed by atoms with van der Waals surface area (Å²) in [7, 11) is 0. The number of halogens is 1. The van der Waals surface area contributed by atoms with Crippen molar-refractivity contribution in [1.29, 1.82) is 0 Å². The van der Waals surface area contributed by atoms with Gasteiger partial charge in [0.2, 0.25) is 0 Å². The molecule has 0 fully saturated rings. The zero-order valence-electron chi connectivity index (χ0n) is 6.83. The maximum atomic E-state index is 10.0. The average Bonchev–Trinajstić information content (AvgIpc) is 2.08. The minimum atomic E-state index is -1.10. The van der Waals surface area contributed by atoms with Crippen LogP contribution < -0.4 is 9.84 Å². The zero-order chi connectivity index (χ0) is 9.68. The molecular formula is C9H8BrO3-. The highest BCUT2D eigenvalue weighted by atomic mass is 79.9. The van der Waals surface area contributed by atoms with Crippen molar-refractivity contribution in [2.75, 3.05) is 6.61 Å². The van der Waals surface area contributed by atoms with E-state index < -0.39 is 5.97 Å². The molecule has 0 aliphatic carbocycles. The smallest absolute Gasteiger partial charge is 0.119 e. The minimum Gasteiger partial charge on any atom is -0.550 e. The molecule has 0 N–H and O–H groups in total. The first-order valence-corrected chi connectivity index (χ1v) is 4.56. The first-order valence-electron chi connectivity index (χ1n) is 3.76. The molecule has 0 amide bonds. The van der Waals surface area contributed by atoms with Crippen LogP contribution >= 0.6 is 15.9 Å². The molecule has 0 spiro atoms. The lowest BCUT2D eigenvalue weighted by molar-refractivity contribution is -0.306. The van der Waals surface area contributed by atoms with Gasteiger partial charge in [0.1, 0.15) is 5.75 Å². The Balaban J connectivity index is 2.37. The van der Waals surface area contributed by atoms with Gasteiger partial charge in [-0.1, -0.05) is 15.9 Å². The van der Waals surface area contributed by atoms with Gasteiger partial charge in [-0.15, -0.1) is 0 Å². The quantitative estimate of drug-likeness (QED) is 0.792. The first-order chi connectivity index (χ1) is 6.18. The van der Waals surface area contributed by atoms with Gasteiger partial charge in [0.15, 0.2) is 0 Å². The van der Waals surface area contributed by atoms with Crippen LogP contribution in [-0.4, -0.2) is 12.6 Å². The molecule has 0 aliphatic rings. The largest absolute Gasteiger partial charge is 0.550 e. The summed E-state index contributed by atoms with van der Waals surface area (Å²) in [6, 6.07) is 7.18. The topological polar surface area (TPSA) is 49.4 Å². The molecule has 1 rings (SSSR count). The van der Waals surface area contributed by atoms with E-state index in [0.29, 0.717) is 5.75 Å². The van der Waals surface area contributed by atoms with Crippen LogP contribution in [0.1, 0.15) is 6.42 Å². The maximum Gasteiger partial charge on any atom is 0.119 e. The van der Waals surface area contributed by atoms with Gasteiger partial charge >= 0.3 is 0 Å². The van der Waals surface area contributed by atoms with Gasteiger partial charge < -0.3 is 14.6 Å². The molecule has 0 aliphatic heterocycles. The number of hydrogen-bond acceptors (Lipinski definition) is 3. The van der Waals surface area contributed by atoms with E-state index in [4.69, 9.17) is 4.74 Å². The molecule has 0 atom stereocenters. The van der Waals surface area contributed by atoms with Gasteiger partial charge in [-0.05, 0) is 24.3 Å². The van der Waals surface area contributed by atoms with Gasteiger partial charge in [-0.25, -0.2) is 0 Å². The van der Waals surface area contributed by atoms with Crippen LogP contribution in [0.4, 0.5) is 0 Å². The van der Waals surface area contributed by atoms with Crippen molar-refractivity contribution in [3.63, 3.8) is 0 Å². The number of carboxylic acid groups (broad SMARTS) is 1. The third-order valence-corrected chi connectivity index (χ3v) is 1.92. The Bertz CT molecular complexity index is 281. The molecule has 0 aromatic heterocycles. The standard InChI is InChI=1S/C9H9BrO3/c10-7-1-3-8(4-2-7)13-6-5-9(11)12/h1-4H,5-6H2,(H,11,12)/p-1. The predicted molar refractivity (Wildman–Crippen MR) is 49.3 cm³/mol. The van der Waals surface area contributed by atoms with E-state index in [1.54, 1.807) is 12.1 Å². The summed E-state index contributed by atoms with van der Waals surface area (Å²) in [5, 5.41) is 10.0. The van der Waals surface area contributed by atoms with Crippen LogP contribution in [0.15, 0.2) is 28.7 Å². The molecule has 70 valence electrons. The second-order valence-electron chi connectivity index (χ2n) is 2.42. The third-order valence-electron chi connectivity index (χ3n) is 1.39. The number of benzene rings is 1. The van der Waals surface area contributed by atoms with Crippen molar-refractivity contribution in [1.82, 2.24) is 0 Å². The van der Waals surface area contributed by atoms with E-state index in [1.807, 2.05) is 12.1 Å². The summed E-state index contributed by atoms with van der Waals surface area (Å²) in [6.45, 7) is 0.143. The van der Waals surface area contributed by atoms with Crippen LogP contribution in [0.5, 0.6) is 5.75 Å². The van der Waals surface area contributed by atoms with Crippen LogP contribution in [0.3, 0.4) is 0 Å². The molecule has 0 unspecified atom stereocenters. The zero-order valence-corrected chi connectivity index (χ0v) is 8.41. The molecule has 0 heterocycles. The van der Waals surface area contributed by atoms with E-state index in [2.05, 4.69) is 15.9 Å². The average molecular weight is 244 g/mol. The Morgan fingerprint density at radius 1 is 1.38 bits per heavy atom. The van der Waals surface area contributed by atoms with Gasteiger partial charge in [0, 0.05) is 16.9 Å². The number of ether oxygens (including phenoxy) is 1. The van der Waals surface area contributed by atoms with Gasteiger partial charge in [-0.3, -0.25) is 0 Å². The van der Waals surface area contributed by atoms with E-state index in [-0.39, 0.29) is 13.0 Å². The lowest BCUT2D eigenvalue weighted by Gasteiger charge is -2.05. The van der Waals surface area contributed by atoms with Crippen molar-refractivity contribution in [3.05, 3.63) is 28.7 Å². The highest BCUT2D eigenvalue weighted by Gasteiger charge is 1.93. The molecule has 1 aromatic rings.